The molecule has 0 saturated carbocycles. The van der Waals surface area contributed by atoms with Crippen LogP contribution in [0.15, 0.2) is 24.3 Å². The molecule has 0 spiro atoms. The Balaban J connectivity index is 2.30. The number of carbonyl (C=O) groups excluding carboxylic acids is 1. The normalized spacial score (nSPS) is 11.5. The van der Waals surface area contributed by atoms with Crippen molar-refractivity contribution in [2.45, 2.75) is 6.18 Å². The minimum absolute atomic E-state index is 0.116. The smallest absolute Gasteiger partial charge is 0.318 e. The van der Waals surface area contributed by atoms with Crippen LogP contribution in [0.2, 0.25) is 10.0 Å². The van der Waals surface area contributed by atoms with E-state index in [1.54, 1.807) is 6.07 Å². The minimum Gasteiger partial charge on any atom is -0.318 e. The largest absolute Gasteiger partial charge is 0.433 e. The van der Waals surface area contributed by atoms with E-state index in [2.05, 4.69) is 10.4 Å². The van der Waals surface area contributed by atoms with Crippen LogP contribution in [0.3, 0.4) is 0 Å². The zero-order valence-corrected chi connectivity index (χ0v) is 12.0. The van der Waals surface area contributed by atoms with E-state index in [0.717, 1.165) is 7.05 Å². The second kappa shape index (κ2) is 5.57. The van der Waals surface area contributed by atoms with E-state index in [0.29, 0.717) is 10.7 Å². The summed E-state index contributed by atoms with van der Waals surface area (Å²) in [6.45, 7) is 0. The van der Waals surface area contributed by atoms with Gasteiger partial charge in [0.25, 0.3) is 5.91 Å². The highest BCUT2D eigenvalue weighted by molar-refractivity contribution is 6.39. The van der Waals surface area contributed by atoms with Crippen molar-refractivity contribution in [1.82, 2.24) is 9.78 Å². The molecule has 0 unspecified atom stereocenters. The first kappa shape index (κ1) is 15.7. The third kappa shape index (κ3) is 3.30. The number of nitrogens with one attached hydrogen (secondary N) is 1. The van der Waals surface area contributed by atoms with Gasteiger partial charge in [-0.15, -0.1) is 0 Å². The molecule has 1 N–H and O–H groups in total. The van der Waals surface area contributed by atoms with Gasteiger partial charge in [0.05, 0.1) is 15.7 Å². The van der Waals surface area contributed by atoms with Crippen LogP contribution in [-0.4, -0.2) is 15.7 Å². The summed E-state index contributed by atoms with van der Waals surface area (Å²) in [6, 6.07) is 5.20. The molecule has 1 aromatic heterocycles. The number of para-hydroxylation sites is 1. The summed E-state index contributed by atoms with van der Waals surface area (Å²) >= 11 is 11.7. The number of carbonyl (C=O) groups is 1. The van der Waals surface area contributed by atoms with Gasteiger partial charge in [-0.2, -0.15) is 18.3 Å². The van der Waals surface area contributed by atoms with E-state index in [-0.39, 0.29) is 21.4 Å². The number of halogens is 5. The van der Waals surface area contributed by atoms with Crippen molar-refractivity contribution in [2.24, 2.45) is 7.05 Å². The van der Waals surface area contributed by atoms with Crippen LogP contribution < -0.4 is 5.32 Å². The average molecular weight is 338 g/mol. The lowest BCUT2D eigenvalue weighted by Gasteiger charge is -2.07. The molecule has 0 fully saturated rings. The molecule has 1 amide bonds. The van der Waals surface area contributed by atoms with Crippen LogP contribution in [-0.2, 0) is 13.2 Å². The molecule has 0 saturated heterocycles. The molecule has 21 heavy (non-hydrogen) atoms. The number of amides is 1. The van der Waals surface area contributed by atoms with Gasteiger partial charge in [0.1, 0.15) is 5.69 Å². The first-order valence-corrected chi connectivity index (χ1v) is 6.32. The molecule has 9 heteroatoms. The van der Waals surface area contributed by atoms with Crippen LogP contribution in [0.1, 0.15) is 16.2 Å². The van der Waals surface area contributed by atoms with Gasteiger partial charge in [-0.1, -0.05) is 29.3 Å². The van der Waals surface area contributed by atoms with Gasteiger partial charge in [0, 0.05) is 13.1 Å². The summed E-state index contributed by atoms with van der Waals surface area (Å²) in [5.41, 5.74) is -1.30. The Morgan fingerprint density at radius 1 is 1.29 bits per heavy atom. The molecule has 1 aromatic carbocycles. The Hall–Kier alpha value is -1.73. The van der Waals surface area contributed by atoms with Crippen molar-refractivity contribution in [1.29, 1.82) is 0 Å². The highest BCUT2D eigenvalue weighted by Gasteiger charge is 2.35. The maximum Gasteiger partial charge on any atom is 0.433 e. The molecule has 0 atom stereocenters. The summed E-state index contributed by atoms with van der Waals surface area (Å²) in [5, 5.41) is 6.21. The second-order valence-corrected chi connectivity index (χ2v) is 4.90. The standard InChI is InChI=1S/C12H8Cl2F3N3O/c1-20-9(12(15,16)17)5-8(19-20)11(21)18-10-6(13)3-2-4-7(10)14/h2-5H,1H3,(H,18,21). The number of alkyl halides is 3. The average Bonchev–Trinajstić information content (AvgIpc) is 2.76. The molecule has 0 bridgehead atoms. The zero-order chi connectivity index (χ0) is 15.8. The van der Waals surface area contributed by atoms with E-state index in [4.69, 9.17) is 23.2 Å². The van der Waals surface area contributed by atoms with Crippen molar-refractivity contribution in [2.75, 3.05) is 5.32 Å². The lowest BCUT2D eigenvalue weighted by atomic mass is 10.3. The first-order chi connectivity index (χ1) is 9.70. The number of aryl methyl sites for hydroxylation is 1. The molecule has 1 heterocycles. The fourth-order valence-corrected chi connectivity index (χ4v) is 2.13. The van der Waals surface area contributed by atoms with Crippen LogP contribution in [0, 0.1) is 0 Å². The van der Waals surface area contributed by atoms with Crippen molar-refractivity contribution in [3.8, 4) is 0 Å². The van der Waals surface area contributed by atoms with Gasteiger partial charge in [-0.25, -0.2) is 0 Å². The molecule has 0 aliphatic rings. The molecule has 0 aliphatic heterocycles. The topological polar surface area (TPSA) is 46.9 Å². The van der Waals surface area contributed by atoms with Crippen molar-refractivity contribution >= 4 is 34.8 Å². The lowest BCUT2D eigenvalue weighted by Crippen LogP contribution is -2.13. The predicted molar refractivity (Wildman–Crippen MR) is 72.6 cm³/mol. The zero-order valence-electron chi connectivity index (χ0n) is 10.5. The molecule has 2 aromatic rings. The third-order valence-electron chi connectivity index (χ3n) is 2.60. The Labute approximate surface area is 127 Å². The monoisotopic (exact) mass is 337 g/mol. The van der Waals surface area contributed by atoms with E-state index in [9.17, 15) is 18.0 Å². The summed E-state index contributed by atoms with van der Waals surface area (Å²) in [4.78, 5) is 11.9. The molecule has 2 rings (SSSR count). The molecule has 0 aliphatic carbocycles. The predicted octanol–water partition coefficient (Wildman–Crippen LogP) is 4.00. The van der Waals surface area contributed by atoms with Crippen LogP contribution in [0.25, 0.3) is 0 Å². The van der Waals surface area contributed by atoms with Crippen molar-refractivity contribution in [3.63, 3.8) is 0 Å². The Morgan fingerprint density at radius 2 is 1.86 bits per heavy atom. The van der Waals surface area contributed by atoms with E-state index in [1.807, 2.05) is 0 Å². The summed E-state index contributed by atoms with van der Waals surface area (Å²) in [5.74, 6) is -0.837. The number of benzene rings is 1. The maximum atomic E-state index is 12.6. The minimum atomic E-state index is -4.59. The van der Waals surface area contributed by atoms with E-state index >= 15 is 0 Å². The summed E-state index contributed by atoms with van der Waals surface area (Å²) in [6.07, 6.45) is -4.59. The molecule has 112 valence electrons. The molecular formula is C12H8Cl2F3N3O. The second-order valence-electron chi connectivity index (χ2n) is 4.09. The quantitative estimate of drug-likeness (QED) is 0.900. The summed E-state index contributed by atoms with van der Waals surface area (Å²) in [7, 11) is 1.10. The van der Waals surface area contributed by atoms with Gasteiger partial charge in [-0.05, 0) is 12.1 Å². The lowest BCUT2D eigenvalue weighted by molar-refractivity contribution is -0.143. The van der Waals surface area contributed by atoms with Gasteiger partial charge in [0.2, 0.25) is 0 Å². The van der Waals surface area contributed by atoms with Gasteiger partial charge in [0.15, 0.2) is 5.69 Å². The van der Waals surface area contributed by atoms with Gasteiger partial charge < -0.3 is 5.32 Å². The number of aromatic nitrogens is 2. The van der Waals surface area contributed by atoms with Crippen LogP contribution >= 0.6 is 23.2 Å². The van der Waals surface area contributed by atoms with E-state index in [1.165, 1.54) is 12.1 Å². The van der Waals surface area contributed by atoms with Gasteiger partial charge >= 0.3 is 6.18 Å². The van der Waals surface area contributed by atoms with Crippen LogP contribution in [0.4, 0.5) is 18.9 Å². The fraction of sp³-hybridized carbons (Fsp3) is 0.167. The van der Waals surface area contributed by atoms with Gasteiger partial charge in [-0.3, -0.25) is 9.48 Å². The van der Waals surface area contributed by atoms with Crippen LogP contribution in [0.5, 0.6) is 0 Å². The number of hydrogen-bond acceptors (Lipinski definition) is 2. The first-order valence-electron chi connectivity index (χ1n) is 5.56. The Bertz CT molecular complexity index is 677. The molecule has 0 radical (unpaired) electrons. The number of rotatable bonds is 2. The molecule has 4 nitrogen and oxygen atoms in total. The fourth-order valence-electron chi connectivity index (χ4n) is 1.64. The highest BCUT2D eigenvalue weighted by atomic mass is 35.5. The number of anilines is 1. The van der Waals surface area contributed by atoms with Crippen molar-refractivity contribution < 1.29 is 18.0 Å². The Kier molecular flexibility index (Phi) is 4.15. The summed E-state index contributed by atoms with van der Waals surface area (Å²) < 4.78 is 38.5. The Morgan fingerprint density at radius 3 is 2.33 bits per heavy atom. The van der Waals surface area contributed by atoms with Crippen molar-refractivity contribution in [3.05, 3.63) is 45.7 Å². The van der Waals surface area contributed by atoms with E-state index < -0.39 is 17.8 Å². The highest BCUT2D eigenvalue weighted by Crippen LogP contribution is 2.31. The molecular weight excluding hydrogens is 330 g/mol. The number of nitrogens with zero attached hydrogens (tertiary/aromatic N) is 2. The SMILES string of the molecule is Cn1nc(C(=O)Nc2c(Cl)cccc2Cl)cc1C(F)(F)F. The third-order valence-corrected chi connectivity index (χ3v) is 3.23. The number of hydrogen-bond donors (Lipinski definition) is 1. The maximum absolute atomic E-state index is 12.6.